The first-order valence-corrected chi connectivity index (χ1v) is 6.80. The van der Waals surface area contributed by atoms with E-state index in [2.05, 4.69) is 11.2 Å². The van der Waals surface area contributed by atoms with Gasteiger partial charge >= 0.3 is 0 Å². The Morgan fingerprint density at radius 2 is 1.81 bits per heavy atom. The molecule has 0 saturated heterocycles. The van der Waals surface area contributed by atoms with E-state index in [0.29, 0.717) is 5.56 Å². The van der Waals surface area contributed by atoms with Gasteiger partial charge in [0, 0.05) is 13.0 Å². The second-order valence-corrected chi connectivity index (χ2v) is 4.81. The standard InChI is InChI=1S/C17H15N3O/c1-21-16-8-6-15(7-9-16)20-11-10-17(19-20)14-4-2-13(12-18)3-5-14/h2-9H,10-11H2,1H3. The zero-order chi connectivity index (χ0) is 14.7. The summed E-state index contributed by atoms with van der Waals surface area (Å²) in [4.78, 5) is 0. The van der Waals surface area contributed by atoms with Crippen LogP contribution < -0.4 is 9.75 Å². The third kappa shape index (κ3) is 2.72. The lowest BCUT2D eigenvalue weighted by Gasteiger charge is -2.13. The second-order valence-electron chi connectivity index (χ2n) is 4.81. The number of nitrogens with zero attached hydrogens (tertiary/aromatic N) is 3. The topological polar surface area (TPSA) is 48.6 Å². The van der Waals surface area contributed by atoms with Crippen LogP contribution in [0.2, 0.25) is 0 Å². The average molecular weight is 277 g/mol. The first kappa shape index (κ1) is 13.2. The van der Waals surface area contributed by atoms with Gasteiger partial charge in [-0.25, -0.2) is 0 Å². The highest BCUT2D eigenvalue weighted by molar-refractivity contribution is 6.02. The molecule has 104 valence electrons. The van der Waals surface area contributed by atoms with Crippen molar-refractivity contribution >= 4 is 11.4 Å². The molecule has 0 aliphatic carbocycles. The Labute approximate surface area is 123 Å². The maximum Gasteiger partial charge on any atom is 0.119 e. The molecule has 3 rings (SSSR count). The molecule has 2 aromatic carbocycles. The molecule has 1 aliphatic heterocycles. The lowest BCUT2D eigenvalue weighted by molar-refractivity contribution is 0.415. The molecular formula is C17H15N3O. The van der Waals surface area contributed by atoms with Crippen molar-refractivity contribution in [3.63, 3.8) is 0 Å². The van der Waals surface area contributed by atoms with Crippen molar-refractivity contribution in [1.82, 2.24) is 0 Å². The molecule has 21 heavy (non-hydrogen) atoms. The summed E-state index contributed by atoms with van der Waals surface area (Å²) in [5.74, 6) is 0.842. The zero-order valence-corrected chi connectivity index (χ0v) is 11.8. The van der Waals surface area contributed by atoms with Gasteiger partial charge in [-0.15, -0.1) is 0 Å². The Hall–Kier alpha value is -2.80. The fourth-order valence-corrected chi connectivity index (χ4v) is 2.34. The van der Waals surface area contributed by atoms with Crippen LogP contribution in [0, 0.1) is 11.3 Å². The molecule has 4 nitrogen and oxygen atoms in total. The molecule has 0 atom stereocenters. The van der Waals surface area contributed by atoms with E-state index in [-0.39, 0.29) is 0 Å². The van der Waals surface area contributed by atoms with Gasteiger partial charge in [-0.1, -0.05) is 12.1 Å². The molecule has 2 aromatic rings. The first-order valence-electron chi connectivity index (χ1n) is 6.80. The summed E-state index contributed by atoms with van der Waals surface area (Å²) in [6.45, 7) is 0.863. The van der Waals surface area contributed by atoms with Crippen LogP contribution in [0.3, 0.4) is 0 Å². The number of nitriles is 1. The van der Waals surface area contributed by atoms with Crippen LogP contribution in [0.5, 0.6) is 5.75 Å². The summed E-state index contributed by atoms with van der Waals surface area (Å²) < 4.78 is 5.16. The Morgan fingerprint density at radius 3 is 2.43 bits per heavy atom. The fourth-order valence-electron chi connectivity index (χ4n) is 2.34. The molecule has 1 heterocycles. The molecule has 0 radical (unpaired) electrons. The van der Waals surface area contributed by atoms with Crippen molar-refractivity contribution in [2.45, 2.75) is 6.42 Å². The van der Waals surface area contributed by atoms with Crippen molar-refractivity contribution < 1.29 is 4.74 Å². The van der Waals surface area contributed by atoms with Crippen LogP contribution in [-0.2, 0) is 0 Å². The molecule has 0 spiro atoms. The number of ether oxygens (including phenoxy) is 1. The second kappa shape index (κ2) is 5.68. The predicted molar refractivity (Wildman–Crippen MR) is 82.7 cm³/mol. The molecule has 0 N–H and O–H groups in total. The van der Waals surface area contributed by atoms with E-state index in [1.807, 2.05) is 53.5 Å². The van der Waals surface area contributed by atoms with Gasteiger partial charge in [0.1, 0.15) is 5.75 Å². The number of hydrazone groups is 1. The number of hydrogen-bond donors (Lipinski definition) is 0. The van der Waals surface area contributed by atoms with Gasteiger partial charge in [0.25, 0.3) is 0 Å². The maximum absolute atomic E-state index is 8.83. The quantitative estimate of drug-likeness (QED) is 0.865. The zero-order valence-electron chi connectivity index (χ0n) is 11.8. The molecular weight excluding hydrogens is 262 g/mol. The van der Waals surface area contributed by atoms with E-state index in [1.165, 1.54) is 0 Å². The minimum atomic E-state index is 0.671. The van der Waals surface area contributed by atoms with E-state index in [4.69, 9.17) is 10.00 Å². The van der Waals surface area contributed by atoms with E-state index in [9.17, 15) is 0 Å². The van der Waals surface area contributed by atoms with E-state index in [1.54, 1.807) is 7.11 Å². The highest BCUT2D eigenvalue weighted by Gasteiger charge is 2.17. The molecule has 0 amide bonds. The Balaban J connectivity index is 1.81. The van der Waals surface area contributed by atoms with Crippen molar-refractivity contribution in [2.24, 2.45) is 5.10 Å². The molecule has 4 heteroatoms. The number of methoxy groups -OCH3 is 1. The smallest absolute Gasteiger partial charge is 0.119 e. The third-order valence-electron chi connectivity index (χ3n) is 3.52. The van der Waals surface area contributed by atoms with E-state index < -0.39 is 0 Å². The van der Waals surface area contributed by atoms with Gasteiger partial charge < -0.3 is 4.74 Å². The van der Waals surface area contributed by atoms with Crippen LogP contribution in [0.25, 0.3) is 0 Å². The largest absolute Gasteiger partial charge is 0.497 e. The Bertz CT molecular complexity index is 696. The lowest BCUT2D eigenvalue weighted by atomic mass is 10.1. The lowest BCUT2D eigenvalue weighted by Crippen LogP contribution is -2.11. The van der Waals surface area contributed by atoms with Crippen molar-refractivity contribution in [1.29, 1.82) is 5.26 Å². The molecule has 0 aromatic heterocycles. The summed E-state index contributed by atoms with van der Waals surface area (Å²) in [7, 11) is 1.66. The highest BCUT2D eigenvalue weighted by Crippen LogP contribution is 2.24. The average Bonchev–Trinajstić information content (AvgIpc) is 3.05. The maximum atomic E-state index is 8.83. The summed E-state index contributed by atoms with van der Waals surface area (Å²) in [5, 5.41) is 15.5. The summed E-state index contributed by atoms with van der Waals surface area (Å²) in [5.41, 5.74) is 3.85. The SMILES string of the molecule is COc1ccc(N2CCC(c3ccc(C#N)cc3)=N2)cc1. The van der Waals surface area contributed by atoms with Crippen LogP contribution in [0.15, 0.2) is 53.6 Å². The van der Waals surface area contributed by atoms with Gasteiger partial charge in [-0.05, 0) is 42.0 Å². The first-order chi connectivity index (χ1) is 10.3. The summed E-state index contributed by atoms with van der Waals surface area (Å²) in [6.07, 6.45) is 0.901. The minimum Gasteiger partial charge on any atom is -0.497 e. The molecule has 0 unspecified atom stereocenters. The minimum absolute atomic E-state index is 0.671. The van der Waals surface area contributed by atoms with Gasteiger partial charge in [-0.3, -0.25) is 5.01 Å². The van der Waals surface area contributed by atoms with Crippen LogP contribution in [0.4, 0.5) is 5.69 Å². The monoisotopic (exact) mass is 277 g/mol. The Morgan fingerprint density at radius 1 is 1.10 bits per heavy atom. The van der Waals surface area contributed by atoms with Crippen LogP contribution >= 0.6 is 0 Å². The fraction of sp³-hybridized carbons (Fsp3) is 0.176. The predicted octanol–water partition coefficient (Wildman–Crippen LogP) is 3.18. The van der Waals surface area contributed by atoms with E-state index in [0.717, 1.165) is 35.7 Å². The summed E-state index contributed by atoms with van der Waals surface area (Å²) in [6, 6.07) is 17.6. The normalized spacial score (nSPS) is 13.7. The molecule has 0 bridgehead atoms. The number of rotatable bonds is 3. The number of benzene rings is 2. The Kier molecular flexibility index (Phi) is 3.57. The van der Waals surface area contributed by atoms with Crippen LogP contribution in [0.1, 0.15) is 17.5 Å². The summed E-state index contributed by atoms with van der Waals surface area (Å²) >= 11 is 0. The van der Waals surface area contributed by atoms with Crippen molar-refractivity contribution in [2.75, 3.05) is 18.7 Å². The van der Waals surface area contributed by atoms with Gasteiger partial charge in [0.2, 0.25) is 0 Å². The molecule has 1 aliphatic rings. The van der Waals surface area contributed by atoms with Crippen molar-refractivity contribution in [3.8, 4) is 11.8 Å². The number of anilines is 1. The highest BCUT2D eigenvalue weighted by atomic mass is 16.5. The van der Waals surface area contributed by atoms with Gasteiger partial charge in [-0.2, -0.15) is 10.4 Å². The van der Waals surface area contributed by atoms with Gasteiger partial charge in [0.05, 0.1) is 30.1 Å². The number of hydrogen-bond acceptors (Lipinski definition) is 4. The van der Waals surface area contributed by atoms with Crippen LogP contribution in [-0.4, -0.2) is 19.4 Å². The molecule has 0 saturated carbocycles. The van der Waals surface area contributed by atoms with E-state index >= 15 is 0 Å². The molecule has 0 fully saturated rings. The van der Waals surface area contributed by atoms with Crippen molar-refractivity contribution in [3.05, 3.63) is 59.7 Å². The third-order valence-corrected chi connectivity index (χ3v) is 3.52. The van der Waals surface area contributed by atoms with Gasteiger partial charge in [0.15, 0.2) is 0 Å².